The average Bonchev–Trinajstić information content (AvgIpc) is 2.63. The number of aromatic nitrogens is 2. The second-order valence-corrected chi connectivity index (χ2v) is 6.63. The molecule has 0 saturated heterocycles. The summed E-state index contributed by atoms with van der Waals surface area (Å²) in [6, 6.07) is 9.58. The highest BCUT2D eigenvalue weighted by molar-refractivity contribution is 5.61. The first kappa shape index (κ1) is 17.3. The molecule has 7 heteroatoms. The fourth-order valence-corrected chi connectivity index (χ4v) is 3.26. The maximum absolute atomic E-state index is 12.5. The van der Waals surface area contributed by atoms with Crippen LogP contribution in [-0.4, -0.2) is 26.4 Å². The molecule has 25 heavy (non-hydrogen) atoms. The third-order valence-electron chi connectivity index (χ3n) is 4.81. The Morgan fingerprint density at radius 3 is 2.44 bits per heavy atom. The molecule has 1 aromatic heterocycles. The lowest BCUT2D eigenvalue weighted by atomic mass is 9.93. The summed E-state index contributed by atoms with van der Waals surface area (Å²) in [5.74, 6) is 0.156. The van der Waals surface area contributed by atoms with Gasteiger partial charge in [0.05, 0.1) is 12.6 Å². The molecule has 7 nitrogen and oxygen atoms in total. The lowest BCUT2D eigenvalue weighted by Gasteiger charge is -2.27. The Hall–Kier alpha value is -2.54. The van der Waals surface area contributed by atoms with E-state index in [0.717, 1.165) is 23.0 Å². The van der Waals surface area contributed by atoms with Crippen LogP contribution in [0.25, 0.3) is 0 Å². The van der Waals surface area contributed by atoms with Crippen molar-refractivity contribution < 1.29 is 5.11 Å². The molecule has 4 N–H and O–H groups in total. The van der Waals surface area contributed by atoms with Gasteiger partial charge in [-0.05, 0) is 31.2 Å². The van der Waals surface area contributed by atoms with Gasteiger partial charge >= 0.3 is 5.69 Å². The molecule has 3 rings (SSSR count). The number of hydrogen-bond acceptors (Lipinski definition) is 5. The molecule has 0 unspecified atom stereocenters. The van der Waals surface area contributed by atoms with Crippen LogP contribution >= 0.6 is 0 Å². The first-order valence-corrected chi connectivity index (χ1v) is 8.55. The zero-order chi connectivity index (χ0) is 18.0. The van der Waals surface area contributed by atoms with E-state index >= 15 is 0 Å². The number of anilines is 2. The van der Waals surface area contributed by atoms with E-state index in [4.69, 9.17) is 5.73 Å². The van der Waals surface area contributed by atoms with Crippen LogP contribution in [0.15, 0.2) is 39.9 Å². The molecular weight excluding hydrogens is 320 g/mol. The second kappa shape index (κ2) is 7.14. The van der Waals surface area contributed by atoms with E-state index < -0.39 is 11.2 Å². The maximum atomic E-state index is 12.5. The second-order valence-electron chi connectivity index (χ2n) is 6.63. The number of aliphatic hydroxyl groups is 1. The van der Waals surface area contributed by atoms with Gasteiger partial charge in [-0.15, -0.1) is 0 Å². The highest BCUT2D eigenvalue weighted by Gasteiger charge is 2.23. The third kappa shape index (κ3) is 3.61. The lowest BCUT2D eigenvalue weighted by molar-refractivity contribution is 0.126. The summed E-state index contributed by atoms with van der Waals surface area (Å²) in [4.78, 5) is 25.0. The largest absolute Gasteiger partial charge is 0.393 e. The van der Waals surface area contributed by atoms with E-state index in [9.17, 15) is 14.7 Å². The Labute approximate surface area is 145 Å². The van der Waals surface area contributed by atoms with Crippen LogP contribution in [0.4, 0.5) is 11.5 Å². The number of nitrogens with two attached hydrogens (primary N) is 1. The average molecular weight is 344 g/mol. The van der Waals surface area contributed by atoms with E-state index in [2.05, 4.69) is 5.32 Å². The number of nitrogens with zero attached hydrogens (tertiary/aromatic N) is 2. The fraction of sp³-hybridized carbons (Fsp3) is 0.444. The predicted molar refractivity (Wildman–Crippen MR) is 97.8 cm³/mol. The molecule has 0 radical (unpaired) electrons. The van der Waals surface area contributed by atoms with Crippen LogP contribution in [0.2, 0.25) is 0 Å². The van der Waals surface area contributed by atoms with Crippen molar-refractivity contribution in [3.63, 3.8) is 0 Å². The van der Waals surface area contributed by atoms with Crippen molar-refractivity contribution in [2.45, 2.75) is 44.4 Å². The Balaban J connectivity index is 1.95. The summed E-state index contributed by atoms with van der Waals surface area (Å²) < 4.78 is 2.50. The Bertz CT molecular complexity index is 849. The van der Waals surface area contributed by atoms with Gasteiger partial charge in [0, 0.05) is 13.1 Å². The highest BCUT2D eigenvalue weighted by Crippen LogP contribution is 2.23. The van der Waals surface area contributed by atoms with Crippen molar-refractivity contribution >= 4 is 11.5 Å². The van der Waals surface area contributed by atoms with Crippen LogP contribution in [-0.2, 0) is 13.6 Å². The van der Waals surface area contributed by atoms with Crippen molar-refractivity contribution in [3.8, 4) is 0 Å². The highest BCUT2D eigenvalue weighted by atomic mass is 16.3. The van der Waals surface area contributed by atoms with Crippen molar-refractivity contribution in [2.24, 2.45) is 7.05 Å². The monoisotopic (exact) mass is 344 g/mol. The van der Waals surface area contributed by atoms with Crippen LogP contribution in [0.5, 0.6) is 0 Å². The molecular formula is C18H24N4O3. The Morgan fingerprint density at radius 2 is 1.80 bits per heavy atom. The summed E-state index contributed by atoms with van der Waals surface area (Å²) in [5.41, 5.74) is 6.53. The van der Waals surface area contributed by atoms with E-state index in [0.29, 0.717) is 19.4 Å². The molecule has 134 valence electrons. The molecule has 1 fully saturated rings. The number of aliphatic hydroxyl groups excluding tert-OH is 1. The predicted octanol–water partition coefficient (Wildman–Crippen LogP) is 0.893. The van der Waals surface area contributed by atoms with Gasteiger partial charge in [0.15, 0.2) is 0 Å². The number of nitrogens with one attached hydrogen (secondary N) is 1. The van der Waals surface area contributed by atoms with Crippen molar-refractivity contribution in [3.05, 3.63) is 56.7 Å². The minimum Gasteiger partial charge on any atom is -0.393 e. The van der Waals surface area contributed by atoms with Gasteiger partial charge in [0.25, 0.3) is 5.56 Å². The van der Waals surface area contributed by atoms with Crippen molar-refractivity contribution in [1.29, 1.82) is 0 Å². The Morgan fingerprint density at radius 1 is 1.16 bits per heavy atom. The summed E-state index contributed by atoms with van der Waals surface area (Å²) in [7, 11) is 1.46. The normalized spacial score (nSPS) is 20.4. The number of benzene rings is 1. The molecule has 1 aliphatic rings. The zero-order valence-corrected chi connectivity index (χ0v) is 14.3. The van der Waals surface area contributed by atoms with E-state index in [-0.39, 0.29) is 23.7 Å². The van der Waals surface area contributed by atoms with Gasteiger partial charge < -0.3 is 16.2 Å². The van der Waals surface area contributed by atoms with Gasteiger partial charge in [-0.25, -0.2) is 4.79 Å². The molecule has 0 bridgehead atoms. The van der Waals surface area contributed by atoms with Gasteiger partial charge in [-0.2, -0.15) is 0 Å². The number of hydrogen-bond donors (Lipinski definition) is 3. The van der Waals surface area contributed by atoms with Crippen LogP contribution in [0.3, 0.4) is 0 Å². The van der Waals surface area contributed by atoms with Gasteiger partial charge in [-0.3, -0.25) is 13.9 Å². The molecule has 2 aromatic rings. The Kier molecular flexibility index (Phi) is 4.94. The van der Waals surface area contributed by atoms with Crippen LogP contribution < -0.4 is 22.3 Å². The summed E-state index contributed by atoms with van der Waals surface area (Å²) in [5, 5.41) is 12.8. The molecule has 1 saturated carbocycles. The molecule has 1 aliphatic carbocycles. The van der Waals surface area contributed by atoms with Crippen LogP contribution in [0, 0.1) is 0 Å². The summed E-state index contributed by atoms with van der Waals surface area (Å²) in [6.45, 7) is 0.303. The summed E-state index contributed by atoms with van der Waals surface area (Å²) >= 11 is 0. The lowest BCUT2D eigenvalue weighted by Crippen LogP contribution is -2.42. The third-order valence-corrected chi connectivity index (χ3v) is 4.81. The van der Waals surface area contributed by atoms with Gasteiger partial charge in [0.1, 0.15) is 11.5 Å². The van der Waals surface area contributed by atoms with Crippen molar-refractivity contribution in [2.75, 3.05) is 11.1 Å². The maximum Gasteiger partial charge on any atom is 0.332 e. The molecule has 0 spiro atoms. The van der Waals surface area contributed by atoms with Crippen LogP contribution in [0.1, 0.15) is 31.2 Å². The molecule has 0 aliphatic heterocycles. The van der Waals surface area contributed by atoms with Gasteiger partial charge in [0.2, 0.25) is 0 Å². The smallest absolute Gasteiger partial charge is 0.332 e. The number of rotatable bonds is 4. The van der Waals surface area contributed by atoms with E-state index in [1.165, 1.54) is 11.6 Å². The quantitative estimate of drug-likeness (QED) is 0.764. The minimum absolute atomic E-state index is 0.0704. The minimum atomic E-state index is -0.434. The summed E-state index contributed by atoms with van der Waals surface area (Å²) in [6.07, 6.45) is 2.65. The SMILES string of the molecule is Cn1c(=O)c(NC2CCC(O)CC2)c(N)n(Cc2ccccc2)c1=O. The zero-order valence-electron chi connectivity index (χ0n) is 14.3. The topological polar surface area (TPSA) is 102 Å². The molecule has 0 atom stereocenters. The molecule has 0 amide bonds. The molecule has 1 aromatic carbocycles. The fourth-order valence-electron chi connectivity index (χ4n) is 3.26. The van der Waals surface area contributed by atoms with Gasteiger partial charge in [-0.1, -0.05) is 30.3 Å². The van der Waals surface area contributed by atoms with Crippen molar-refractivity contribution in [1.82, 2.24) is 9.13 Å². The first-order chi connectivity index (χ1) is 12.0. The first-order valence-electron chi connectivity index (χ1n) is 8.55. The van der Waals surface area contributed by atoms with E-state index in [1.807, 2.05) is 30.3 Å². The standard InChI is InChI=1S/C18H24N4O3/c1-21-17(24)15(20-13-7-9-14(23)10-8-13)16(19)22(18(21)25)11-12-5-3-2-4-6-12/h2-6,13-14,20,23H,7-11,19H2,1H3. The molecule has 1 heterocycles. The number of nitrogen functional groups attached to an aromatic ring is 1. The van der Waals surface area contributed by atoms with E-state index in [1.54, 1.807) is 0 Å².